The quantitative estimate of drug-likeness (QED) is 0.766. The first kappa shape index (κ1) is 13.9. The van der Waals surface area contributed by atoms with Gasteiger partial charge in [-0.05, 0) is 18.3 Å². The van der Waals surface area contributed by atoms with Gasteiger partial charge in [0, 0.05) is 51.4 Å². The van der Waals surface area contributed by atoms with Crippen LogP contribution in [0.15, 0.2) is 11.6 Å². The first-order valence-corrected chi connectivity index (χ1v) is 7.38. The number of nitrogens with one attached hydrogen (secondary N) is 1. The van der Waals surface area contributed by atoms with Crippen LogP contribution in [0.5, 0.6) is 0 Å². The van der Waals surface area contributed by atoms with E-state index in [0.29, 0.717) is 5.41 Å². The van der Waals surface area contributed by atoms with Crippen LogP contribution >= 0.6 is 11.3 Å². The van der Waals surface area contributed by atoms with Crippen LogP contribution in [0.3, 0.4) is 0 Å². The Morgan fingerprint density at radius 2 is 2.33 bits per heavy atom. The van der Waals surface area contributed by atoms with Gasteiger partial charge in [0.15, 0.2) is 0 Å². The highest BCUT2D eigenvalue weighted by molar-refractivity contribution is 7.09. The highest BCUT2D eigenvalue weighted by atomic mass is 32.1. The molecule has 0 atom stereocenters. The Bertz CT molecular complexity index is 324. The van der Waals surface area contributed by atoms with Crippen molar-refractivity contribution in [2.24, 2.45) is 5.41 Å². The third kappa shape index (κ3) is 4.02. The molecule has 5 heteroatoms. The first-order chi connectivity index (χ1) is 8.85. The van der Waals surface area contributed by atoms with E-state index in [4.69, 9.17) is 9.47 Å². The monoisotopic (exact) mass is 270 g/mol. The highest BCUT2D eigenvalue weighted by Gasteiger charge is 2.33. The number of rotatable bonds is 7. The molecule has 0 amide bonds. The van der Waals surface area contributed by atoms with Crippen molar-refractivity contribution in [3.05, 3.63) is 16.6 Å². The molecule has 102 valence electrons. The molecule has 1 N–H and O–H groups in total. The molecule has 2 rings (SSSR count). The van der Waals surface area contributed by atoms with E-state index in [2.05, 4.69) is 15.7 Å². The minimum absolute atomic E-state index is 0.309. The fourth-order valence-electron chi connectivity index (χ4n) is 2.41. The number of methoxy groups -OCH3 is 1. The van der Waals surface area contributed by atoms with E-state index in [-0.39, 0.29) is 0 Å². The Labute approximate surface area is 113 Å². The van der Waals surface area contributed by atoms with Gasteiger partial charge >= 0.3 is 0 Å². The minimum atomic E-state index is 0.309. The normalized spacial score (nSPS) is 18.9. The summed E-state index contributed by atoms with van der Waals surface area (Å²) >= 11 is 1.75. The lowest BCUT2D eigenvalue weighted by Crippen LogP contribution is -2.41. The van der Waals surface area contributed by atoms with Crippen LogP contribution in [-0.4, -0.2) is 45.0 Å². The second kappa shape index (κ2) is 7.19. The van der Waals surface area contributed by atoms with E-state index in [0.717, 1.165) is 52.2 Å². The summed E-state index contributed by atoms with van der Waals surface area (Å²) in [5, 5.41) is 6.80. The molecule has 0 saturated carbocycles. The van der Waals surface area contributed by atoms with Gasteiger partial charge in [0.2, 0.25) is 0 Å². The summed E-state index contributed by atoms with van der Waals surface area (Å²) in [5.74, 6) is 0. The third-order valence-corrected chi connectivity index (χ3v) is 4.33. The zero-order chi connectivity index (χ0) is 12.7. The van der Waals surface area contributed by atoms with Gasteiger partial charge in [0.05, 0.1) is 11.6 Å². The number of hydrogen-bond acceptors (Lipinski definition) is 5. The molecule has 1 aromatic rings. The van der Waals surface area contributed by atoms with Crippen LogP contribution < -0.4 is 5.32 Å². The van der Waals surface area contributed by atoms with Gasteiger partial charge in [0.25, 0.3) is 0 Å². The average molecular weight is 270 g/mol. The molecule has 0 aliphatic carbocycles. The van der Waals surface area contributed by atoms with E-state index in [1.54, 1.807) is 18.4 Å². The molecule has 1 aromatic heterocycles. The van der Waals surface area contributed by atoms with Gasteiger partial charge in [-0.15, -0.1) is 11.3 Å². The minimum Gasteiger partial charge on any atom is -0.383 e. The van der Waals surface area contributed by atoms with Crippen LogP contribution in [0.25, 0.3) is 0 Å². The fourth-order valence-corrected chi connectivity index (χ4v) is 3.20. The number of thiazole rings is 1. The molecule has 0 radical (unpaired) electrons. The van der Waals surface area contributed by atoms with E-state index in [1.807, 2.05) is 6.20 Å². The predicted molar refractivity (Wildman–Crippen MR) is 73.0 cm³/mol. The second-order valence-corrected chi connectivity index (χ2v) is 5.86. The summed E-state index contributed by atoms with van der Waals surface area (Å²) in [6, 6.07) is 0. The van der Waals surface area contributed by atoms with Crippen LogP contribution in [0, 0.1) is 5.41 Å². The zero-order valence-corrected chi connectivity index (χ0v) is 11.8. The van der Waals surface area contributed by atoms with Gasteiger partial charge in [-0.2, -0.15) is 0 Å². The maximum absolute atomic E-state index is 5.50. The second-order valence-electron chi connectivity index (χ2n) is 4.88. The van der Waals surface area contributed by atoms with Crippen LogP contribution in [0.4, 0.5) is 0 Å². The fraction of sp³-hybridized carbons (Fsp3) is 0.769. The molecule has 2 heterocycles. The number of aromatic nitrogens is 1. The van der Waals surface area contributed by atoms with Crippen LogP contribution in [-0.2, 0) is 15.9 Å². The van der Waals surface area contributed by atoms with Gasteiger partial charge in [-0.25, -0.2) is 4.98 Å². The van der Waals surface area contributed by atoms with Crippen molar-refractivity contribution in [1.82, 2.24) is 10.3 Å². The molecular formula is C13H22N2O2S. The van der Waals surface area contributed by atoms with Gasteiger partial charge in [-0.1, -0.05) is 0 Å². The van der Waals surface area contributed by atoms with E-state index < -0.39 is 0 Å². The smallest absolute Gasteiger partial charge is 0.0930 e. The number of ether oxygens (including phenoxy) is 2. The van der Waals surface area contributed by atoms with E-state index in [1.165, 1.54) is 5.01 Å². The van der Waals surface area contributed by atoms with Crippen molar-refractivity contribution < 1.29 is 9.47 Å². The summed E-state index contributed by atoms with van der Waals surface area (Å²) in [5.41, 5.74) is 0.309. The number of hydrogen-bond donors (Lipinski definition) is 1. The van der Waals surface area contributed by atoms with Crippen molar-refractivity contribution in [2.45, 2.75) is 19.3 Å². The lowest BCUT2D eigenvalue weighted by Gasteiger charge is -2.37. The molecule has 0 aromatic carbocycles. The summed E-state index contributed by atoms with van der Waals surface area (Å²) < 4.78 is 10.6. The van der Waals surface area contributed by atoms with Gasteiger partial charge in [-0.3, -0.25) is 0 Å². The standard InChI is InChI=1S/C13H22N2O2S/c1-16-8-4-14-11-13(2-6-17-7-3-13)10-12-15-5-9-18-12/h5,9,14H,2-4,6-8,10-11H2,1H3. The van der Waals surface area contributed by atoms with Crippen molar-refractivity contribution in [1.29, 1.82) is 0 Å². The molecule has 0 spiro atoms. The summed E-state index contributed by atoms with van der Waals surface area (Å²) in [4.78, 5) is 4.43. The first-order valence-electron chi connectivity index (χ1n) is 6.50. The molecular weight excluding hydrogens is 248 g/mol. The van der Waals surface area contributed by atoms with Crippen molar-refractivity contribution >= 4 is 11.3 Å². The summed E-state index contributed by atoms with van der Waals surface area (Å²) in [6.45, 7) is 4.45. The van der Waals surface area contributed by atoms with Crippen molar-refractivity contribution in [3.8, 4) is 0 Å². The molecule has 1 fully saturated rings. The molecule has 0 bridgehead atoms. The lowest BCUT2D eigenvalue weighted by atomic mass is 9.77. The lowest BCUT2D eigenvalue weighted by molar-refractivity contribution is 0.0143. The molecule has 4 nitrogen and oxygen atoms in total. The third-order valence-electron chi connectivity index (χ3n) is 3.55. The molecule has 1 aliphatic rings. The van der Waals surface area contributed by atoms with Gasteiger partial charge < -0.3 is 14.8 Å². The van der Waals surface area contributed by atoms with Crippen LogP contribution in [0.1, 0.15) is 17.8 Å². The number of nitrogens with zero attached hydrogens (tertiary/aromatic N) is 1. The molecule has 18 heavy (non-hydrogen) atoms. The summed E-state index contributed by atoms with van der Waals surface area (Å²) in [6.07, 6.45) is 5.19. The highest BCUT2D eigenvalue weighted by Crippen LogP contribution is 2.34. The van der Waals surface area contributed by atoms with Crippen molar-refractivity contribution in [3.63, 3.8) is 0 Å². The maximum atomic E-state index is 5.50. The largest absolute Gasteiger partial charge is 0.383 e. The molecule has 1 aliphatic heterocycles. The Morgan fingerprint density at radius 3 is 3.00 bits per heavy atom. The maximum Gasteiger partial charge on any atom is 0.0930 e. The zero-order valence-electron chi connectivity index (χ0n) is 11.0. The van der Waals surface area contributed by atoms with E-state index >= 15 is 0 Å². The Hall–Kier alpha value is -0.490. The van der Waals surface area contributed by atoms with Crippen LogP contribution in [0.2, 0.25) is 0 Å². The molecule has 0 unspecified atom stereocenters. The topological polar surface area (TPSA) is 43.4 Å². The summed E-state index contributed by atoms with van der Waals surface area (Å²) in [7, 11) is 1.74. The predicted octanol–water partition coefficient (Wildman–Crippen LogP) is 1.72. The van der Waals surface area contributed by atoms with Gasteiger partial charge in [0.1, 0.15) is 0 Å². The Morgan fingerprint density at radius 1 is 1.50 bits per heavy atom. The Balaban J connectivity index is 1.89. The molecule has 1 saturated heterocycles. The van der Waals surface area contributed by atoms with E-state index in [9.17, 15) is 0 Å². The average Bonchev–Trinajstić information content (AvgIpc) is 2.89. The Kier molecular flexibility index (Phi) is 5.56. The SMILES string of the molecule is COCCNCC1(Cc2nccs2)CCOCC1. The van der Waals surface area contributed by atoms with Crippen molar-refractivity contribution in [2.75, 3.05) is 40.0 Å².